The van der Waals surface area contributed by atoms with Crippen molar-refractivity contribution in [1.29, 1.82) is 0 Å². The van der Waals surface area contributed by atoms with E-state index in [4.69, 9.17) is 0 Å². The fraction of sp³-hybridized carbons (Fsp3) is 0.250. The number of nitrogens with zero attached hydrogens (tertiary/aromatic N) is 3. The number of aromatic nitrogens is 3. The molecule has 0 aliphatic carbocycles. The van der Waals surface area contributed by atoms with Gasteiger partial charge in [-0.2, -0.15) is 0 Å². The molecule has 4 nitrogen and oxygen atoms in total. The number of thioether (sulfide) groups is 1. The van der Waals surface area contributed by atoms with Crippen LogP contribution < -0.4 is 5.56 Å². The molecule has 0 fully saturated rings. The van der Waals surface area contributed by atoms with Gasteiger partial charge in [-0.05, 0) is 22.2 Å². The molecule has 0 N–H and O–H groups in total. The number of hydrogen-bond acceptors (Lipinski definition) is 4. The molecule has 2 aromatic heterocycles. The van der Waals surface area contributed by atoms with Gasteiger partial charge >= 0.3 is 0 Å². The van der Waals surface area contributed by atoms with E-state index < -0.39 is 0 Å². The predicted octanol–water partition coefficient (Wildman–Crippen LogP) is 2.60. The Morgan fingerprint density at radius 3 is 2.81 bits per heavy atom. The van der Waals surface area contributed by atoms with Crippen molar-refractivity contribution < 1.29 is 3.89 Å². The molecule has 0 radical (unpaired) electrons. The van der Waals surface area contributed by atoms with E-state index in [1.54, 1.807) is 7.05 Å². The van der Waals surface area contributed by atoms with E-state index in [9.17, 15) is 8.68 Å². The SMILES string of the molecule is CSc1nc2c(c(Br)cn2SF)c(=O)n1C. The Bertz CT molecular complexity index is 609. The molecule has 16 heavy (non-hydrogen) atoms. The Kier molecular flexibility index (Phi) is 3.32. The van der Waals surface area contributed by atoms with Gasteiger partial charge in [-0.1, -0.05) is 11.8 Å². The van der Waals surface area contributed by atoms with Crippen LogP contribution in [-0.2, 0) is 7.05 Å². The lowest BCUT2D eigenvalue weighted by atomic mass is 10.4. The summed E-state index contributed by atoms with van der Waals surface area (Å²) >= 11 is 4.59. The summed E-state index contributed by atoms with van der Waals surface area (Å²) in [6.45, 7) is 0. The first kappa shape index (κ1) is 12.0. The molecule has 2 heterocycles. The van der Waals surface area contributed by atoms with Crippen molar-refractivity contribution in [3.8, 4) is 0 Å². The van der Waals surface area contributed by atoms with E-state index in [2.05, 4.69) is 20.9 Å². The van der Waals surface area contributed by atoms with Crippen LogP contribution in [0, 0.1) is 0 Å². The van der Waals surface area contributed by atoms with Crippen molar-refractivity contribution in [3.05, 3.63) is 21.0 Å². The molecule has 0 saturated heterocycles. The summed E-state index contributed by atoms with van der Waals surface area (Å²) in [6.07, 6.45) is 3.31. The Balaban J connectivity index is 2.95. The molecule has 86 valence electrons. The minimum absolute atomic E-state index is 0.0196. The van der Waals surface area contributed by atoms with E-state index in [1.807, 2.05) is 6.26 Å². The fourth-order valence-corrected chi connectivity index (χ4v) is 2.97. The van der Waals surface area contributed by atoms with Gasteiger partial charge in [0.05, 0.1) is 9.86 Å². The maximum Gasteiger partial charge on any atom is 0.264 e. The van der Waals surface area contributed by atoms with Gasteiger partial charge in [-0.3, -0.25) is 9.36 Å². The van der Waals surface area contributed by atoms with Gasteiger partial charge in [0.2, 0.25) is 0 Å². The molecule has 8 heteroatoms. The third-order valence-corrected chi connectivity index (χ3v) is 3.92. The molecule has 0 bridgehead atoms. The second-order valence-electron chi connectivity index (χ2n) is 3.03. The Labute approximate surface area is 108 Å². The van der Waals surface area contributed by atoms with Crippen LogP contribution in [-0.4, -0.2) is 19.8 Å². The molecule has 0 amide bonds. The zero-order valence-electron chi connectivity index (χ0n) is 8.40. The third-order valence-electron chi connectivity index (χ3n) is 2.17. The highest BCUT2D eigenvalue weighted by Crippen LogP contribution is 2.27. The standard InChI is InChI=1S/C8H7BrFN3OS2/c1-12-7(14)5-4(9)3-13(16-10)6(5)11-8(12)15-2/h3H,1-2H3. The van der Waals surface area contributed by atoms with Gasteiger partial charge in [0.15, 0.2) is 23.1 Å². The largest absolute Gasteiger partial charge is 0.290 e. The Hall–Kier alpha value is -0.470. The van der Waals surface area contributed by atoms with E-state index in [1.165, 1.54) is 26.5 Å². The summed E-state index contributed by atoms with van der Waals surface area (Å²) in [6, 6.07) is 0. The van der Waals surface area contributed by atoms with E-state index in [0.717, 1.165) is 0 Å². The average Bonchev–Trinajstić information content (AvgIpc) is 2.60. The molecule has 0 saturated carbocycles. The third kappa shape index (κ3) is 1.68. The minimum Gasteiger partial charge on any atom is -0.290 e. The monoisotopic (exact) mass is 323 g/mol. The van der Waals surface area contributed by atoms with Crippen LogP contribution in [0.25, 0.3) is 11.0 Å². The molecule has 0 aliphatic rings. The van der Waals surface area contributed by atoms with E-state index >= 15 is 0 Å². The molecular weight excluding hydrogens is 317 g/mol. The number of rotatable bonds is 2. The van der Waals surface area contributed by atoms with Gasteiger partial charge in [0.25, 0.3) is 5.56 Å². The van der Waals surface area contributed by atoms with Crippen molar-refractivity contribution in [2.45, 2.75) is 5.16 Å². The summed E-state index contributed by atoms with van der Waals surface area (Å²) in [5, 5.41) is 0.948. The van der Waals surface area contributed by atoms with Crippen molar-refractivity contribution in [2.75, 3.05) is 6.26 Å². The average molecular weight is 324 g/mol. The van der Waals surface area contributed by atoms with Crippen LogP contribution in [0.15, 0.2) is 20.6 Å². The molecule has 0 aliphatic heterocycles. The summed E-state index contributed by atoms with van der Waals surface area (Å²) in [7, 11) is 1.65. The maximum absolute atomic E-state index is 12.6. The molecule has 2 aromatic rings. The topological polar surface area (TPSA) is 39.8 Å². The maximum atomic E-state index is 12.6. The second-order valence-corrected chi connectivity index (χ2v) is 5.19. The molecule has 0 aromatic carbocycles. The van der Waals surface area contributed by atoms with Gasteiger partial charge in [-0.25, -0.2) is 8.96 Å². The van der Waals surface area contributed by atoms with Crippen LogP contribution in [0.5, 0.6) is 0 Å². The predicted molar refractivity (Wildman–Crippen MR) is 68.6 cm³/mol. The Morgan fingerprint density at radius 2 is 2.25 bits per heavy atom. The Morgan fingerprint density at radius 1 is 1.56 bits per heavy atom. The molecule has 0 spiro atoms. The second kappa shape index (κ2) is 4.42. The van der Waals surface area contributed by atoms with Crippen molar-refractivity contribution in [2.24, 2.45) is 7.05 Å². The molecule has 0 atom stereocenters. The van der Waals surface area contributed by atoms with Crippen LogP contribution in [0.2, 0.25) is 0 Å². The first-order valence-electron chi connectivity index (χ1n) is 4.20. The van der Waals surface area contributed by atoms with Gasteiger partial charge in [-0.15, -0.1) is 3.89 Å². The first-order valence-corrected chi connectivity index (χ1v) is 6.90. The fourth-order valence-electron chi connectivity index (χ4n) is 1.40. The summed E-state index contributed by atoms with van der Waals surface area (Å²) in [4.78, 5) is 16.2. The van der Waals surface area contributed by atoms with E-state index in [0.29, 0.717) is 20.7 Å². The number of fused-ring (bicyclic) bond motifs is 1. The minimum atomic E-state index is -0.186. The first-order chi connectivity index (χ1) is 7.60. The van der Waals surface area contributed by atoms with Crippen LogP contribution in [0.4, 0.5) is 3.89 Å². The van der Waals surface area contributed by atoms with Gasteiger partial charge in [0, 0.05) is 13.2 Å². The molecular formula is C8H7BrFN3OS2. The number of halogens is 2. The molecule has 2 rings (SSSR count). The zero-order valence-corrected chi connectivity index (χ0v) is 11.6. The lowest BCUT2D eigenvalue weighted by Crippen LogP contribution is -2.19. The summed E-state index contributed by atoms with van der Waals surface area (Å²) in [5.41, 5.74) is 0.154. The zero-order chi connectivity index (χ0) is 11.9. The highest BCUT2D eigenvalue weighted by Gasteiger charge is 2.15. The van der Waals surface area contributed by atoms with Crippen LogP contribution >= 0.6 is 40.0 Å². The summed E-state index contributed by atoms with van der Waals surface area (Å²) in [5.74, 6) is 0. The smallest absolute Gasteiger partial charge is 0.264 e. The highest BCUT2D eigenvalue weighted by atomic mass is 79.9. The van der Waals surface area contributed by atoms with Crippen molar-refractivity contribution in [1.82, 2.24) is 13.5 Å². The number of hydrogen-bond donors (Lipinski definition) is 0. The lowest BCUT2D eigenvalue weighted by molar-refractivity contribution is 0.724. The van der Waals surface area contributed by atoms with Crippen molar-refractivity contribution in [3.63, 3.8) is 0 Å². The summed E-state index contributed by atoms with van der Waals surface area (Å²) < 4.78 is 15.9. The van der Waals surface area contributed by atoms with Crippen LogP contribution in [0.1, 0.15) is 0 Å². The van der Waals surface area contributed by atoms with Crippen molar-refractivity contribution >= 4 is 51.1 Å². The van der Waals surface area contributed by atoms with Gasteiger partial charge < -0.3 is 0 Å². The van der Waals surface area contributed by atoms with Gasteiger partial charge in [0.1, 0.15) is 0 Å². The molecule has 0 unspecified atom stereocenters. The highest BCUT2D eigenvalue weighted by molar-refractivity contribution is 9.10. The van der Waals surface area contributed by atoms with Crippen LogP contribution in [0.3, 0.4) is 0 Å². The normalized spacial score (nSPS) is 11.2. The quantitative estimate of drug-likeness (QED) is 0.629. The lowest BCUT2D eigenvalue weighted by Gasteiger charge is -2.04. The van der Waals surface area contributed by atoms with E-state index in [-0.39, 0.29) is 17.9 Å².